The van der Waals surface area contributed by atoms with Crippen molar-refractivity contribution in [1.82, 2.24) is 4.90 Å². The Bertz CT molecular complexity index is 310. The Balaban J connectivity index is 2.07. The van der Waals surface area contributed by atoms with E-state index in [0.29, 0.717) is 0 Å². The van der Waals surface area contributed by atoms with Gasteiger partial charge in [0.25, 0.3) is 0 Å². The Hall–Kier alpha value is -0.770. The quantitative estimate of drug-likeness (QED) is 0.765. The van der Waals surface area contributed by atoms with Crippen molar-refractivity contribution in [2.75, 3.05) is 13.2 Å². The number of likely N-dealkylation sites (tertiary alicyclic amines) is 1. The van der Waals surface area contributed by atoms with Gasteiger partial charge in [-0.1, -0.05) is 6.42 Å². The number of aliphatic hydroxyl groups excluding tert-OH is 1. The highest BCUT2D eigenvalue weighted by molar-refractivity contribution is 5.69. The largest absolute Gasteiger partial charge is 0.444 e. The van der Waals surface area contributed by atoms with Gasteiger partial charge in [-0.05, 0) is 40.0 Å². The highest BCUT2D eigenvalue weighted by Crippen LogP contribution is 2.48. The Morgan fingerprint density at radius 1 is 1.47 bits per heavy atom. The molecule has 1 saturated carbocycles. The minimum absolute atomic E-state index is 0.0447. The van der Waals surface area contributed by atoms with E-state index < -0.39 is 5.60 Å². The van der Waals surface area contributed by atoms with E-state index in [0.717, 1.165) is 32.2 Å². The summed E-state index contributed by atoms with van der Waals surface area (Å²) in [5.41, 5.74) is -0.489. The van der Waals surface area contributed by atoms with E-state index in [-0.39, 0.29) is 24.2 Å². The maximum Gasteiger partial charge on any atom is 0.410 e. The molecule has 1 amide bonds. The molecule has 2 atom stereocenters. The van der Waals surface area contributed by atoms with Gasteiger partial charge in [-0.15, -0.1) is 0 Å². The number of hydrogen-bond donors (Lipinski definition) is 1. The van der Waals surface area contributed by atoms with Gasteiger partial charge < -0.3 is 14.7 Å². The van der Waals surface area contributed by atoms with Crippen molar-refractivity contribution in [3.8, 4) is 0 Å². The summed E-state index contributed by atoms with van der Waals surface area (Å²) < 4.78 is 5.42. The third-order valence-electron chi connectivity index (χ3n) is 4.03. The lowest BCUT2D eigenvalue weighted by Crippen LogP contribution is -2.43. The van der Waals surface area contributed by atoms with Crippen molar-refractivity contribution in [3.05, 3.63) is 0 Å². The van der Waals surface area contributed by atoms with Gasteiger partial charge in [0.15, 0.2) is 0 Å². The number of hydrogen-bond acceptors (Lipinski definition) is 3. The van der Waals surface area contributed by atoms with Crippen LogP contribution in [0.2, 0.25) is 0 Å². The average Bonchev–Trinajstić information content (AvgIpc) is 2.71. The predicted octanol–water partition coefficient (Wildman–Crippen LogP) is 2.16. The van der Waals surface area contributed by atoms with E-state index in [2.05, 4.69) is 0 Å². The van der Waals surface area contributed by atoms with Gasteiger partial charge in [0, 0.05) is 18.0 Å². The summed E-state index contributed by atoms with van der Waals surface area (Å²) >= 11 is 0. The lowest BCUT2D eigenvalue weighted by atomic mass is 9.83. The van der Waals surface area contributed by atoms with Gasteiger partial charge in [-0.2, -0.15) is 0 Å². The molecule has 1 saturated heterocycles. The Labute approximate surface area is 103 Å². The fraction of sp³-hybridized carbons (Fsp3) is 0.923. The highest BCUT2D eigenvalue weighted by atomic mass is 16.6. The third-order valence-corrected chi connectivity index (χ3v) is 4.03. The Morgan fingerprint density at radius 3 is 2.76 bits per heavy atom. The Kier molecular flexibility index (Phi) is 3.10. The molecule has 2 fully saturated rings. The molecule has 0 aromatic heterocycles. The Morgan fingerprint density at radius 2 is 2.18 bits per heavy atom. The fourth-order valence-corrected chi connectivity index (χ4v) is 3.20. The van der Waals surface area contributed by atoms with Crippen LogP contribution in [0, 0.1) is 5.41 Å². The maximum absolute atomic E-state index is 12.1. The van der Waals surface area contributed by atoms with Crippen molar-refractivity contribution < 1.29 is 14.6 Å². The minimum Gasteiger partial charge on any atom is -0.444 e. The molecule has 0 aromatic rings. The van der Waals surface area contributed by atoms with E-state index in [1.165, 1.54) is 0 Å². The number of nitrogens with zero attached hydrogens (tertiary/aromatic N) is 1. The zero-order valence-corrected chi connectivity index (χ0v) is 11.0. The smallest absolute Gasteiger partial charge is 0.410 e. The first-order valence-corrected chi connectivity index (χ1v) is 6.48. The number of carbonyl (C=O) groups excluding carboxylic acids is 1. The standard InChI is InChI=1S/C13H23NO3/c1-12(2,3)17-11(16)14-8-7-13(9-15)6-4-5-10(13)14/h10,15H,4-9H2,1-3H3. The highest BCUT2D eigenvalue weighted by Gasteiger charge is 2.52. The van der Waals surface area contributed by atoms with Crippen LogP contribution < -0.4 is 0 Å². The SMILES string of the molecule is CC(C)(C)OC(=O)N1CCC2(CO)CCCC12. The van der Waals surface area contributed by atoms with Crippen molar-refractivity contribution in [3.63, 3.8) is 0 Å². The first-order chi connectivity index (χ1) is 7.88. The molecule has 1 N–H and O–H groups in total. The second kappa shape index (κ2) is 4.16. The molecule has 1 aliphatic heterocycles. The molecule has 0 bridgehead atoms. The zero-order valence-electron chi connectivity index (χ0n) is 11.0. The number of ether oxygens (including phenoxy) is 1. The molecule has 4 heteroatoms. The van der Waals surface area contributed by atoms with Crippen LogP contribution in [0.25, 0.3) is 0 Å². The lowest BCUT2D eigenvalue weighted by molar-refractivity contribution is 0.0152. The molecule has 98 valence electrons. The van der Waals surface area contributed by atoms with Crippen LogP contribution in [0.1, 0.15) is 46.5 Å². The van der Waals surface area contributed by atoms with Crippen LogP contribution in [0.5, 0.6) is 0 Å². The van der Waals surface area contributed by atoms with E-state index in [9.17, 15) is 9.90 Å². The van der Waals surface area contributed by atoms with Crippen molar-refractivity contribution in [2.24, 2.45) is 5.41 Å². The number of fused-ring (bicyclic) bond motifs is 1. The van der Waals surface area contributed by atoms with Gasteiger partial charge in [-0.25, -0.2) is 4.79 Å². The van der Waals surface area contributed by atoms with Gasteiger partial charge >= 0.3 is 6.09 Å². The molecule has 17 heavy (non-hydrogen) atoms. The lowest BCUT2D eigenvalue weighted by Gasteiger charge is -2.32. The molecule has 0 aromatic carbocycles. The number of carbonyl (C=O) groups is 1. The number of aliphatic hydroxyl groups is 1. The van der Waals surface area contributed by atoms with E-state index in [1.807, 2.05) is 25.7 Å². The van der Waals surface area contributed by atoms with E-state index in [4.69, 9.17) is 4.74 Å². The fourth-order valence-electron chi connectivity index (χ4n) is 3.20. The van der Waals surface area contributed by atoms with Crippen molar-refractivity contribution >= 4 is 6.09 Å². The summed E-state index contributed by atoms with van der Waals surface area (Å²) in [6.45, 7) is 6.57. The van der Waals surface area contributed by atoms with Crippen LogP contribution in [0.4, 0.5) is 4.79 Å². The van der Waals surface area contributed by atoms with Crippen LogP contribution in [0.15, 0.2) is 0 Å². The van der Waals surface area contributed by atoms with Gasteiger partial charge in [0.1, 0.15) is 5.60 Å². The molecular formula is C13H23NO3. The van der Waals surface area contributed by atoms with E-state index >= 15 is 0 Å². The predicted molar refractivity (Wildman–Crippen MR) is 64.7 cm³/mol. The summed E-state index contributed by atoms with van der Waals surface area (Å²) in [6, 6.07) is 0.183. The second-order valence-electron chi connectivity index (χ2n) is 6.35. The first-order valence-electron chi connectivity index (χ1n) is 6.48. The summed E-state index contributed by atoms with van der Waals surface area (Å²) in [6.07, 6.45) is 3.82. The van der Waals surface area contributed by atoms with Crippen LogP contribution in [0.3, 0.4) is 0 Å². The molecule has 0 spiro atoms. The number of rotatable bonds is 1. The molecule has 2 unspecified atom stereocenters. The van der Waals surface area contributed by atoms with Crippen molar-refractivity contribution in [1.29, 1.82) is 0 Å². The molecule has 1 heterocycles. The topological polar surface area (TPSA) is 49.8 Å². The van der Waals surface area contributed by atoms with Crippen LogP contribution in [-0.2, 0) is 4.74 Å². The summed E-state index contributed by atoms with van der Waals surface area (Å²) in [4.78, 5) is 13.9. The normalized spacial score (nSPS) is 32.7. The van der Waals surface area contributed by atoms with Gasteiger partial charge in [0.2, 0.25) is 0 Å². The van der Waals surface area contributed by atoms with Gasteiger partial charge in [0.05, 0.1) is 6.61 Å². The van der Waals surface area contributed by atoms with Gasteiger partial charge in [-0.3, -0.25) is 0 Å². The monoisotopic (exact) mass is 241 g/mol. The van der Waals surface area contributed by atoms with E-state index in [1.54, 1.807) is 0 Å². The number of amides is 1. The summed E-state index contributed by atoms with van der Waals surface area (Å²) in [5.74, 6) is 0. The molecule has 4 nitrogen and oxygen atoms in total. The third kappa shape index (κ3) is 2.28. The molecule has 2 aliphatic rings. The zero-order chi connectivity index (χ0) is 12.7. The molecule has 0 radical (unpaired) electrons. The summed E-state index contributed by atoms with van der Waals surface area (Å²) in [5, 5.41) is 9.58. The minimum atomic E-state index is -0.444. The molecular weight excluding hydrogens is 218 g/mol. The first kappa shape index (κ1) is 12.7. The summed E-state index contributed by atoms with van der Waals surface area (Å²) in [7, 11) is 0. The second-order valence-corrected chi connectivity index (χ2v) is 6.35. The molecule has 2 rings (SSSR count). The molecule has 1 aliphatic carbocycles. The van der Waals surface area contributed by atoms with Crippen LogP contribution in [-0.4, -0.2) is 40.9 Å². The maximum atomic E-state index is 12.1. The van der Waals surface area contributed by atoms with Crippen LogP contribution >= 0.6 is 0 Å². The van der Waals surface area contributed by atoms with Crippen molar-refractivity contribution in [2.45, 2.75) is 58.1 Å². The average molecular weight is 241 g/mol.